The maximum atomic E-state index is 12.0. The van der Waals surface area contributed by atoms with Crippen molar-refractivity contribution in [3.8, 4) is 0 Å². The van der Waals surface area contributed by atoms with E-state index < -0.39 is 0 Å². The average molecular weight is 409 g/mol. The Kier molecular flexibility index (Phi) is 6.87. The van der Waals surface area contributed by atoms with Gasteiger partial charge in [-0.15, -0.1) is 0 Å². The second kappa shape index (κ2) is 9.15. The predicted octanol–water partition coefficient (Wildman–Crippen LogP) is 2.56. The van der Waals surface area contributed by atoms with Gasteiger partial charge in [-0.1, -0.05) is 29.0 Å². The topological polar surface area (TPSA) is 48.0 Å². The Morgan fingerprint density at radius 2 is 2.07 bits per heavy atom. The van der Waals surface area contributed by atoms with Crippen LogP contribution in [0.1, 0.15) is 34.3 Å². The van der Waals surface area contributed by atoms with Gasteiger partial charge in [0.25, 0.3) is 0 Å². The second-order valence-corrected chi connectivity index (χ2v) is 8.40. The fourth-order valence-corrected chi connectivity index (χ4v) is 4.57. The van der Waals surface area contributed by atoms with Gasteiger partial charge in [0.15, 0.2) is 10.6 Å². The molecule has 146 valence electrons. The Morgan fingerprint density at radius 3 is 2.74 bits per heavy atom. The van der Waals surface area contributed by atoms with E-state index in [0.29, 0.717) is 5.02 Å². The zero-order chi connectivity index (χ0) is 19.4. The van der Waals surface area contributed by atoms with Crippen LogP contribution in [0.4, 0.5) is 5.69 Å². The van der Waals surface area contributed by atoms with Crippen molar-refractivity contribution in [2.24, 2.45) is 4.99 Å². The van der Waals surface area contributed by atoms with Crippen LogP contribution in [0.15, 0.2) is 23.2 Å². The number of carbonyl (C=O) groups excluding carboxylic acids is 1. The van der Waals surface area contributed by atoms with Crippen LogP contribution in [0.5, 0.6) is 0 Å². The molecule has 0 spiro atoms. The lowest BCUT2D eigenvalue weighted by atomic mass is 10.2. The van der Waals surface area contributed by atoms with Crippen LogP contribution in [0.25, 0.3) is 0 Å². The van der Waals surface area contributed by atoms with Gasteiger partial charge >= 0.3 is 0 Å². The largest absolute Gasteiger partial charge is 0.370 e. The van der Waals surface area contributed by atoms with E-state index in [1.54, 1.807) is 11.8 Å². The highest BCUT2D eigenvalue weighted by atomic mass is 35.5. The molecule has 7 heteroatoms. The van der Waals surface area contributed by atoms with Gasteiger partial charge in [0, 0.05) is 30.6 Å². The predicted molar refractivity (Wildman–Crippen MR) is 109 cm³/mol. The highest BCUT2D eigenvalue weighted by molar-refractivity contribution is 7.11. The maximum absolute atomic E-state index is 12.0. The summed E-state index contributed by atoms with van der Waals surface area (Å²) in [6, 6.07) is 5.81. The number of rotatable bonds is 6. The molecule has 0 bridgehead atoms. The number of hydrogen-bond acceptors (Lipinski definition) is 4. The van der Waals surface area contributed by atoms with Crippen molar-refractivity contribution < 1.29 is 14.4 Å². The van der Waals surface area contributed by atoms with E-state index in [1.807, 2.05) is 32.0 Å². The SMILES string of the molecule is CC(=O)c1sc(=Nc2ccc(C)c(Cl)c2)n(CCC[NH+]2CCOCC2)c1C. The number of aromatic nitrogens is 1. The molecule has 0 unspecified atom stereocenters. The fourth-order valence-electron chi connectivity index (χ4n) is 3.32. The zero-order valence-corrected chi connectivity index (χ0v) is 17.8. The molecule has 0 aliphatic carbocycles. The molecule has 0 saturated carbocycles. The van der Waals surface area contributed by atoms with Crippen molar-refractivity contribution in [2.75, 3.05) is 32.8 Å². The number of hydrogen-bond donors (Lipinski definition) is 1. The summed E-state index contributed by atoms with van der Waals surface area (Å²) in [4.78, 5) is 20.0. The second-order valence-electron chi connectivity index (χ2n) is 7.02. The number of aryl methyl sites for hydroxylation is 1. The first kappa shape index (κ1) is 20.3. The lowest BCUT2D eigenvalue weighted by Gasteiger charge is -2.23. The third-order valence-corrected chi connectivity index (χ3v) is 6.66. The molecule has 27 heavy (non-hydrogen) atoms. The third-order valence-electron chi connectivity index (χ3n) is 4.97. The normalized spacial score (nSPS) is 16.1. The molecule has 1 aromatic carbocycles. The number of nitrogens with zero attached hydrogens (tertiary/aromatic N) is 2. The molecule has 0 radical (unpaired) electrons. The summed E-state index contributed by atoms with van der Waals surface area (Å²) in [5, 5.41) is 0.707. The molecule has 1 saturated heterocycles. The molecule has 2 heterocycles. The Bertz CT molecular complexity index is 882. The summed E-state index contributed by atoms with van der Waals surface area (Å²) in [6.45, 7) is 11.4. The number of morpholine rings is 1. The van der Waals surface area contributed by atoms with Crippen molar-refractivity contribution in [1.82, 2.24) is 4.57 Å². The van der Waals surface area contributed by atoms with E-state index in [9.17, 15) is 4.79 Å². The van der Waals surface area contributed by atoms with Gasteiger partial charge in [0.1, 0.15) is 13.1 Å². The number of quaternary nitrogens is 1. The van der Waals surface area contributed by atoms with E-state index in [0.717, 1.165) is 72.4 Å². The minimum absolute atomic E-state index is 0.0912. The van der Waals surface area contributed by atoms with Gasteiger partial charge in [-0.2, -0.15) is 0 Å². The van der Waals surface area contributed by atoms with Crippen molar-refractivity contribution in [2.45, 2.75) is 33.7 Å². The Balaban J connectivity index is 1.85. The molecular weight excluding hydrogens is 382 g/mol. The minimum atomic E-state index is 0.0912. The summed E-state index contributed by atoms with van der Waals surface area (Å²) in [5.74, 6) is 0.0912. The summed E-state index contributed by atoms with van der Waals surface area (Å²) in [7, 11) is 0. The number of nitrogens with one attached hydrogen (secondary N) is 1. The van der Waals surface area contributed by atoms with Crippen LogP contribution in [0.3, 0.4) is 0 Å². The zero-order valence-electron chi connectivity index (χ0n) is 16.2. The van der Waals surface area contributed by atoms with Gasteiger partial charge in [-0.25, -0.2) is 4.99 Å². The molecule has 1 N–H and O–H groups in total. The van der Waals surface area contributed by atoms with Crippen molar-refractivity contribution >= 4 is 34.4 Å². The average Bonchev–Trinajstić information content (AvgIpc) is 2.95. The van der Waals surface area contributed by atoms with Crippen LogP contribution < -0.4 is 9.70 Å². The quantitative estimate of drug-likeness (QED) is 0.747. The number of thiazole rings is 1. The summed E-state index contributed by atoms with van der Waals surface area (Å²) in [6.07, 6.45) is 1.05. The van der Waals surface area contributed by atoms with E-state index in [2.05, 4.69) is 4.57 Å². The third kappa shape index (κ3) is 5.08. The first-order valence-electron chi connectivity index (χ1n) is 9.39. The van der Waals surface area contributed by atoms with Crippen LogP contribution >= 0.6 is 22.9 Å². The molecule has 1 aliphatic heterocycles. The van der Waals surface area contributed by atoms with Gasteiger partial charge < -0.3 is 14.2 Å². The first-order valence-corrected chi connectivity index (χ1v) is 10.6. The molecule has 3 rings (SSSR count). The summed E-state index contributed by atoms with van der Waals surface area (Å²) in [5.41, 5.74) is 2.85. The highest BCUT2D eigenvalue weighted by Crippen LogP contribution is 2.22. The van der Waals surface area contributed by atoms with Crippen LogP contribution in [0.2, 0.25) is 5.02 Å². The van der Waals surface area contributed by atoms with Crippen LogP contribution in [0, 0.1) is 13.8 Å². The molecule has 1 aliphatic rings. The number of Topliss-reactive ketones (excluding diaryl/α,β-unsaturated/α-hetero) is 1. The molecule has 0 atom stereocenters. The van der Waals surface area contributed by atoms with Crippen molar-refractivity contribution in [3.05, 3.63) is 44.2 Å². The van der Waals surface area contributed by atoms with Crippen LogP contribution in [-0.4, -0.2) is 43.2 Å². The maximum Gasteiger partial charge on any atom is 0.190 e. The summed E-state index contributed by atoms with van der Waals surface area (Å²) < 4.78 is 7.60. The standard InChI is InChI=1S/C20H26ClN3O2S/c1-14-5-6-17(13-18(14)21)22-20-24(15(2)19(27-20)16(3)25)8-4-7-23-9-11-26-12-10-23/h5-6,13H,4,7-12H2,1-3H3/p+1. The molecule has 1 fully saturated rings. The molecular formula is C20H27ClN3O2S+. The molecule has 5 nitrogen and oxygen atoms in total. The molecule has 2 aromatic rings. The van der Waals surface area contributed by atoms with Crippen LogP contribution in [-0.2, 0) is 11.3 Å². The Hall–Kier alpha value is -1.47. The molecule has 1 aromatic heterocycles. The van der Waals surface area contributed by atoms with E-state index in [-0.39, 0.29) is 5.78 Å². The Labute approximate surface area is 169 Å². The van der Waals surface area contributed by atoms with Gasteiger partial charge in [-0.3, -0.25) is 4.79 Å². The van der Waals surface area contributed by atoms with E-state index in [4.69, 9.17) is 21.3 Å². The van der Waals surface area contributed by atoms with E-state index >= 15 is 0 Å². The lowest BCUT2D eigenvalue weighted by molar-refractivity contribution is -0.908. The number of benzene rings is 1. The van der Waals surface area contributed by atoms with Gasteiger partial charge in [0.2, 0.25) is 0 Å². The Morgan fingerprint density at radius 1 is 1.33 bits per heavy atom. The number of ketones is 1. The number of halogens is 1. The monoisotopic (exact) mass is 408 g/mol. The highest BCUT2D eigenvalue weighted by Gasteiger charge is 2.16. The van der Waals surface area contributed by atoms with Crippen molar-refractivity contribution in [1.29, 1.82) is 0 Å². The lowest BCUT2D eigenvalue weighted by Crippen LogP contribution is -3.14. The molecule has 0 amide bonds. The van der Waals surface area contributed by atoms with Gasteiger partial charge in [-0.05, 0) is 31.5 Å². The van der Waals surface area contributed by atoms with Crippen molar-refractivity contribution in [3.63, 3.8) is 0 Å². The smallest absolute Gasteiger partial charge is 0.190 e. The first-order chi connectivity index (χ1) is 13.0. The summed E-state index contributed by atoms with van der Waals surface area (Å²) >= 11 is 7.71. The fraction of sp³-hybridized carbons (Fsp3) is 0.500. The number of carbonyl (C=O) groups is 1. The van der Waals surface area contributed by atoms with Gasteiger partial charge in [0.05, 0.1) is 30.3 Å². The number of ether oxygens (including phenoxy) is 1. The van der Waals surface area contributed by atoms with E-state index in [1.165, 1.54) is 11.3 Å². The minimum Gasteiger partial charge on any atom is -0.370 e.